The van der Waals surface area contributed by atoms with Gasteiger partial charge in [-0.15, -0.1) is 0 Å². The topological polar surface area (TPSA) is 87.1 Å². The van der Waals surface area contributed by atoms with Gasteiger partial charge in [0.1, 0.15) is 0 Å². The number of benzene rings is 2. The van der Waals surface area contributed by atoms with Crippen LogP contribution in [0.25, 0.3) is 11.1 Å². The summed E-state index contributed by atoms with van der Waals surface area (Å²) in [6.07, 6.45) is 1.89. The maximum atomic E-state index is 13.0. The van der Waals surface area contributed by atoms with Gasteiger partial charge in [0.05, 0.1) is 29.8 Å². The summed E-state index contributed by atoms with van der Waals surface area (Å²) >= 11 is 0. The van der Waals surface area contributed by atoms with E-state index >= 15 is 0 Å². The smallest absolute Gasteiger partial charge is 0.337 e. The number of sulfonamides is 1. The highest BCUT2D eigenvalue weighted by Gasteiger charge is 2.43. The van der Waals surface area contributed by atoms with Crippen LogP contribution in [0.2, 0.25) is 0 Å². The molecule has 2 aromatic rings. The minimum atomic E-state index is -3.58. The number of carboxylic acids is 1. The fourth-order valence-electron chi connectivity index (χ4n) is 5.56. The Kier molecular flexibility index (Phi) is 6.43. The Morgan fingerprint density at radius 1 is 1.09 bits per heavy atom. The Balaban J connectivity index is 2.13. The number of fused-ring (bicyclic) bond motifs is 3. The van der Waals surface area contributed by atoms with Crippen LogP contribution in [0.4, 0.5) is 11.4 Å². The van der Waals surface area contributed by atoms with E-state index in [9.17, 15) is 18.3 Å². The number of anilines is 2. The van der Waals surface area contributed by atoms with E-state index in [1.165, 1.54) is 10.6 Å². The van der Waals surface area contributed by atoms with Gasteiger partial charge in [-0.05, 0) is 76.6 Å². The molecule has 0 aromatic heterocycles. The minimum absolute atomic E-state index is 0.105. The summed E-state index contributed by atoms with van der Waals surface area (Å²) in [5, 5.41) is 10.3. The van der Waals surface area contributed by atoms with Gasteiger partial charge in [-0.1, -0.05) is 29.8 Å². The molecule has 0 unspecified atom stereocenters. The quantitative estimate of drug-likeness (QED) is 0.624. The first kappa shape index (κ1) is 25.5. The number of rotatable bonds is 5. The molecule has 0 aliphatic carbocycles. The lowest BCUT2D eigenvalue weighted by Crippen LogP contribution is -2.48. The van der Waals surface area contributed by atoms with E-state index in [2.05, 4.69) is 4.90 Å². The maximum absolute atomic E-state index is 13.0. The molecular weight excluding hydrogens is 464 g/mol. The highest BCUT2D eigenvalue weighted by atomic mass is 32.2. The molecule has 7 nitrogen and oxygen atoms in total. The highest BCUT2D eigenvalue weighted by Crippen LogP contribution is 2.51. The minimum Gasteiger partial charge on any atom is -0.479 e. The number of ether oxygens (including phenoxy) is 1. The van der Waals surface area contributed by atoms with Crippen molar-refractivity contribution in [1.82, 2.24) is 0 Å². The summed E-state index contributed by atoms with van der Waals surface area (Å²) in [5.74, 6) is -1.10. The number of aliphatic carboxylic acids is 1. The fraction of sp³-hybridized carbons (Fsp3) is 0.519. The Bertz CT molecular complexity index is 1260. The van der Waals surface area contributed by atoms with Crippen LogP contribution < -0.4 is 9.21 Å². The summed E-state index contributed by atoms with van der Waals surface area (Å²) in [6, 6.07) is 8.13. The first-order chi connectivity index (χ1) is 16.2. The van der Waals surface area contributed by atoms with Crippen molar-refractivity contribution in [2.75, 3.05) is 28.6 Å². The van der Waals surface area contributed by atoms with E-state index in [0.29, 0.717) is 23.4 Å². The second kappa shape index (κ2) is 8.82. The van der Waals surface area contributed by atoms with Crippen LogP contribution in [-0.4, -0.2) is 50.5 Å². The average Bonchev–Trinajstić information content (AvgIpc) is 3.21. The van der Waals surface area contributed by atoms with Crippen molar-refractivity contribution < 1.29 is 23.1 Å². The SMILES string of the molecule is Cc1ccc(-c2c(C)c3c(c(C)c2[C@H](OC(C)(C)C)C(=O)O)N(S(C)(=O)=O)C[C@@H]2CCCN32)cc1. The van der Waals surface area contributed by atoms with Crippen molar-refractivity contribution in [3.8, 4) is 11.1 Å². The van der Waals surface area contributed by atoms with Crippen molar-refractivity contribution in [3.05, 3.63) is 46.5 Å². The van der Waals surface area contributed by atoms with Crippen LogP contribution in [0, 0.1) is 20.8 Å². The first-order valence-electron chi connectivity index (χ1n) is 12.1. The molecule has 2 aromatic carbocycles. The molecule has 2 aliphatic rings. The second-order valence-corrected chi connectivity index (χ2v) is 12.7. The number of hydrogen-bond donors (Lipinski definition) is 1. The maximum Gasteiger partial charge on any atom is 0.337 e. The van der Waals surface area contributed by atoms with Crippen LogP contribution in [-0.2, 0) is 19.6 Å². The number of aryl methyl sites for hydroxylation is 1. The lowest BCUT2D eigenvalue weighted by molar-refractivity contribution is -0.160. The van der Waals surface area contributed by atoms with E-state index in [0.717, 1.165) is 47.3 Å². The van der Waals surface area contributed by atoms with E-state index in [-0.39, 0.29) is 6.04 Å². The van der Waals surface area contributed by atoms with Crippen LogP contribution in [0.5, 0.6) is 0 Å². The summed E-state index contributed by atoms with van der Waals surface area (Å²) in [5.41, 5.74) is 5.58. The molecule has 0 saturated carbocycles. The van der Waals surface area contributed by atoms with Crippen LogP contribution in [0.15, 0.2) is 24.3 Å². The van der Waals surface area contributed by atoms with Gasteiger partial charge >= 0.3 is 5.97 Å². The van der Waals surface area contributed by atoms with Crippen molar-refractivity contribution in [2.45, 2.75) is 72.1 Å². The van der Waals surface area contributed by atoms with Crippen LogP contribution >= 0.6 is 0 Å². The number of carboxylic acid groups (broad SMARTS) is 1. The van der Waals surface area contributed by atoms with Crippen molar-refractivity contribution >= 4 is 27.4 Å². The molecule has 0 bridgehead atoms. The number of carbonyl (C=O) groups is 1. The lowest BCUT2D eigenvalue weighted by Gasteiger charge is -2.43. The molecule has 190 valence electrons. The molecule has 0 radical (unpaired) electrons. The third kappa shape index (κ3) is 4.66. The molecule has 2 atom stereocenters. The van der Waals surface area contributed by atoms with Gasteiger partial charge in [0.2, 0.25) is 10.0 Å². The van der Waals surface area contributed by atoms with Gasteiger partial charge in [-0.3, -0.25) is 4.31 Å². The summed E-state index contributed by atoms with van der Waals surface area (Å²) in [4.78, 5) is 15.0. The predicted molar refractivity (Wildman–Crippen MR) is 140 cm³/mol. The average molecular weight is 501 g/mol. The first-order valence-corrected chi connectivity index (χ1v) is 13.9. The van der Waals surface area contributed by atoms with Crippen LogP contribution in [0.1, 0.15) is 62.0 Å². The van der Waals surface area contributed by atoms with Crippen LogP contribution in [0.3, 0.4) is 0 Å². The van der Waals surface area contributed by atoms with Gasteiger partial charge in [-0.2, -0.15) is 0 Å². The molecular formula is C27H36N2O5S. The van der Waals surface area contributed by atoms with E-state index < -0.39 is 27.7 Å². The van der Waals surface area contributed by atoms with E-state index in [1.807, 2.05) is 65.8 Å². The largest absolute Gasteiger partial charge is 0.479 e. The van der Waals surface area contributed by atoms with Gasteiger partial charge in [0, 0.05) is 18.2 Å². The Hall–Kier alpha value is -2.58. The zero-order chi connectivity index (χ0) is 25.9. The molecule has 1 saturated heterocycles. The summed E-state index contributed by atoms with van der Waals surface area (Å²) in [6.45, 7) is 12.5. The summed E-state index contributed by atoms with van der Waals surface area (Å²) < 4.78 is 33.6. The lowest BCUT2D eigenvalue weighted by atomic mass is 9.84. The molecule has 2 aliphatic heterocycles. The van der Waals surface area contributed by atoms with E-state index in [4.69, 9.17) is 4.74 Å². The number of hydrogen-bond acceptors (Lipinski definition) is 5. The zero-order valence-electron chi connectivity index (χ0n) is 21.7. The van der Waals surface area contributed by atoms with E-state index in [1.54, 1.807) is 0 Å². The van der Waals surface area contributed by atoms with Gasteiger partial charge in [-0.25, -0.2) is 13.2 Å². The number of nitrogens with zero attached hydrogens (tertiary/aromatic N) is 2. The molecule has 0 amide bonds. The predicted octanol–water partition coefficient (Wildman–Crippen LogP) is 4.97. The second-order valence-electron chi connectivity index (χ2n) is 10.8. The highest BCUT2D eigenvalue weighted by molar-refractivity contribution is 7.92. The molecule has 35 heavy (non-hydrogen) atoms. The normalized spacial score (nSPS) is 18.9. The van der Waals surface area contributed by atoms with Crippen molar-refractivity contribution in [1.29, 1.82) is 0 Å². The molecule has 2 heterocycles. The van der Waals surface area contributed by atoms with Crippen molar-refractivity contribution in [2.24, 2.45) is 0 Å². The third-order valence-electron chi connectivity index (χ3n) is 6.97. The van der Waals surface area contributed by atoms with Crippen molar-refractivity contribution in [3.63, 3.8) is 0 Å². The third-order valence-corrected chi connectivity index (χ3v) is 8.10. The monoisotopic (exact) mass is 500 g/mol. The van der Waals surface area contributed by atoms with Gasteiger partial charge < -0.3 is 14.7 Å². The summed E-state index contributed by atoms with van der Waals surface area (Å²) in [7, 11) is -3.58. The Morgan fingerprint density at radius 2 is 1.71 bits per heavy atom. The molecule has 0 spiro atoms. The fourth-order valence-corrected chi connectivity index (χ4v) is 6.56. The molecule has 1 fully saturated rings. The van der Waals surface area contributed by atoms with Gasteiger partial charge in [0.25, 0.3) is 0 Å². The molecule has 4 rings (SSSR count). The molecule has 1 N–H and O–H groups in total. The standard InChI is InChI=1S/C27H36N2O5S/c1-16-10-12-19(13-11-16)21-17(2)23-24(18(3)22(21)25(26(30)31)34-27(4,5)6)29(35(7,32)33)15-20-9-8-14-28(20)23/h10-13,20,25H,8-9,14-15H2,1-7H3,(H,30,31)/t20-,25-/m0/s1. The molecule has 8 heteroatoms. The Morgan fingerprint density at radius 3 is 2.26 bits per heavy atom. The zero-order valence-corrected chi connectivity index (χ0v) is 22.5. The van der Waals surface area contributed by atoms with Gasteiger partial charge in [0.15, 0.2) is 6.10 Å². The Labute approximate surface area is 208 Å².